The summed E-state index contributed by atoms with van der Waals surface area (Å²) in [5, 5.41) is 25.4. The monoisotopic (exact) mass is 475 g/mol. The van der Waals surface area contributed by atoms with Crippen molar-refractivity contribution >= 4 is 32.3 Å². The van der Waals surface area contributed by atoms with Gasteiger partial charge in [-0.05, 0) is 54.5 Å². The normalized spacial score (nSPS) is 15.9. The van der Waals surface area contributed by atoms with Crippen molar-refractivity contribution in [3.05, 3.63) is 66.4 Å². The summed E-state index contributed by atoms with van der Waals surface area (Å²) in [4.78, 5) is 8.27. The van der Waals surface area contributed by atoms with Crippen LogP contribution in [-0.4, -0.2) is 56.4 Å². The Labute approximate surface area is 195 Å². The molecule has 34 heavy (non-hydrogen) atoms. The minimum Gasteiger partial charge on any atom is -0.360 e. The van der Waals surface area contributed by atoms with E-state index in [-0.39, 0.29) is 22.2 Å². The number of aromatic amines is 2. The Morgan fingerprint density at radius 2 is 1.91 bits per heavy atom. The molecule has 3 heterocycles. The first-order chi connectivity index (χ1) is 16.5. The molecule has 0 radical (unpaired) electrons. The van der Waals surface area contributed by atoms with Crippen LogP contribution in [0.3, 0.4) is 0 Å². The lowest BCUT2D eigenvalue weighted by atomic mass is 9.97. The topological polar surface area (TPSA) is 156 Å². The molecule has 0 amide bonds. The van der Waals surface area contributed by atoms with Crippen LogP contribution < -0.4 is 5.32 Å². The number of nitriles is 1. The number of tetrazole rings is 1. The van der Waals surface area contributed by atoms with Crippen molar-refractivity contribution in [2.75, 3.05) is 18.4 Å². The predicted molar refractivity (Wildman–Crippen MR) is 125 cm³/mol. The molecule has 0 saturated carbocycles. The summed E-state index contributed by atoms with van der Waals surface area (Å²) in [5.74, 6) is 1.28. The second-order valence-electron chi connectivity index (χ2n) is 7.89. The van der Waals surface area contributed by atoms with E-state index in [0.29, 0.717) is 31.6 Å². The van der Waals surface area contributed by atoms with Crippen LogP contribution in [0.15, 0.2) is 59.6 Å². The summed E-state index contributed by atoms with van der Waals surface area (Å²) < 4.78 is 27.8. The largest absolute Gasteiger partial charge is 0.360 e. The van der Waals surface area contributed by atoms with Gasteiger partial charge in [-0.25, -0.2) is 13.4 Å². The fourth-order valence-electron chi connectivity index (χ4n) is 3.99. The van der Waals surface area contributed by atoms with Crippen molar-refractivity contribution in [2.45, 2.75) is 23.7 Å². The predicted octanol–water partition coefficient (Wildman–Crippen LogP) is 2.62. The number of hydrogen-bond acceptors (Lipinski definition) is 8. The molecule has 172 valence electrons. The lowest BCUT2D eigenvalue weighted by Gasteiger charge is -2.30. The third-order valence-electron chi connectivity index (χ3n) is 5.83. The van der Waals surface area contributed by atoms with E-state index in [1.54, 1.807) is 24.3 Å². The third-order valence-corrected chi connectivity index (χ3v) is 7.74. The molecule has 1 aliphatic rings. The number of allylic oxidation sites excluding steroid dienone is 1. The van der Waals surface area contributed by atoms with E-state index in [9.17, 15) is 13.7 Å². The fraction of sp³-hybridized carbons (Fsp3) is 0.227. The van der Waals surface area contributed by atoms with Crippen LogP contribution in [-0.2, 0) is 10.0 Å². The van der Waals surface area contributed by atoms with E-state index < -0.39 is 10.0 Å². The number of rotatable bonds is 6. The molecule has 0 aliphatic carbocycles. The molecule has 0 spiro atoms. The van der Waals surface area contributed by atoms with Crippen LogP contribution in [0, 0.1) is 11.3 Å². The minimum atomic E-state index is -3.61. The number of imidazole rings is 1. The van der Waals surface area contributed by atoms with Gasteiger partial charge in [0.25, 0.3) is 0 Å². The molecule has 4 aromatic rings. The highest BCUT2D eigenvalue weighted by atomic mass is 32.2. The first-order valence-electron chi connectivity index (χ1n) is 10.7. The third kappa shape index (κ3) is 4.26. The second-order valence-corrected chi connectivity index (χ2v) is 9.83. The van der Waals surface area contributed by atoms with Crippen molar-refractivity contribution in [3.63, 3.8) is 0 Å². The SMILES string of the molecule is N#CC(=CNc1ccc(S(=O)(=O)N2CCC(c3nc4ccccc4[nH]3)CC2)cc1)c1nn[nH]n1. The van der Waals surface area contributed by atoms with Gasteiger partial charge in [0.15, 0.2) is 0 Å². The number of nitrogens with one attached hydrogen (secondary N) is 3. The van der Waals surface area contributed by atoms with Crippen molar-refractivity contribution in [3.8, 4) is 6.07 Å². The molecular weight excluding hydrogens is 454 g/mol. The lowest BCUT2D eigenvalue weighted by Crippen LogP contribution is -2.38. The Bertz CT molecular complexity index is 1430. The zero-order valence-electron chi connectivity index (χ0n) is 18.0. The van der Waals surface area contributed by atoms with E-state index in [4.69, 9.17) is 0 Å². The van der Waals surface area contributed by atoms with Gasteiger partial charge in [0.1, 0.15) is 17.5 Å². The highest BCUT2D eigenvalue weighted by molar-refractivity contribution is 7.89. The van der Waals surface area contributed by atoms with Crippen molar-refractivity contribution < 1.29 is 8.42 Å². The molecule has 1 saturated heterocycles. The molecule has 2 aromatic carbocycles. The second kappa shape index (κ2) is 9.05. The average Bonchev–Trinajstić information content (AvgIpc) is 3.55. The van der Waals surface area contributed by atoms with Crippen LogP contribution in [0.1, 0.15) is 30.4 Å². The van der Waals surface area contributed by atoms with Crippen LogP contribution in [0.2, 0.25) is 0 Å². The van der Waals surface area contributed by atoms with Gasteiger partial charge in [0.2, 0.25) is 15.8 Å². The maximum Gasteiger partial charge on any atom is 0.243 e. The highest BCUT2D eigenvalue weighted by Gasteiger charge is 2.31. The summed E-state index contributed by atoms with van der Waals surface area (Å²) in [6, 6.07) is 16.3. The molecule has 1 fully saturated rings. The van der Waals surface area contributed by atoms with Gasteiger partial charge in [-0.1, -0.05) is 12.1 Å². The van der Waals surface area contributed by atoms with Gasteiger partial charge in [-0.15, -0.1) is 10.2 Å². The quantitative estimate of drug-likeness (QED) is 0.359. The molecule has 11 nitrogen and oxygen atoms in total. The number of sulfonamides is 1. The summed E-state index contributed by atoms with van der Waals surface area (Å²) in [6.45, 7) is 0.867. The summed E-state index contributed by atoms with van der Waals surface area (Å²) in [7, 11) is -3.61. The first kappa shape index (κ1) is 21.7. The van der Waals surface area contributed by atoms with Crippen molar-refractivity contribution in [1.29, 1.82) is 5.26 Å². The number of aromatic nitrogens is 6. The number of anilines is 1. The summed E-state index contributed by atoms with van der Waals surface area (Å²) in [6.07, 6.45) is 2.85. The zero-order chi connectivity index (χ0) is 23.5. The van der Waals surface area contributed by atoms with E-state index in [1.165, 1.54) is 10.5 Å². The van der Waals surface area contributed by atoms with Crippen molar-refractivity contribution in [2.24, 2.45) is 0 Å². The smallest absolute Gasteiger partial charge is 0.243 e. The van der Waals surface area contributed by atoms with E-state index in [0.717, 1.165) is 16.9 Å². The van der Waals surface area contributed by atoms with Crippen LogP contribution in [0.5, 0.6) is 0 Å². The van der Waals surface area contributed by atoms with Gasteiger partial charge in [-0.2, -0.15) is 14.8 Å². The van der Waals surface area contributed by atoms with Crippen LogP contribution >= 0.6 is 0 Å². The summed E-state index contributed by atoms with van der Waals surface area (Å²) in [5.41, 5.74) is 2.74. The molecule has 12 heteroatoms. The van der Waals surface area contributed by atoms with Gasteiger partial charge in [-0.3, -0.25) is 0 Å². The van der Waals surface area contributed by atoms with E-state index in [1.807, 2.05) is 30.3 Å². The Morgan fingerprint density at radius 1 is 1.15 bits per heavy atom. The Hall–Kier alpha value is -4.08. The molecule has 0 bridgehead atoms. The Balaban J connectivity index is 1.24. The molecule has 2 aromatic heterocycles. The van der Waals surface area contributed by atoms with Crippen LogP contribution in [0.4, 0.5) is 5.69 Å². The van der Waals surface area contributed by atoms with Gasteiger partial charge in [0, 0.05) is 30.9 Å². The molecule has 0 unspecified atom stereocenters. The number of hydrogen-bond donors (Lipinski definition) is 3. The average molecular weight is 476 g/mol. The lowest BCUT2D eigenvalue weighted by molar-refractivity contribution is 0.314. The summed E-state index contributed by atoms with van der Waals surface area (Å²) >= 11 is 0. The molecule has 5 rings (SSSR count). The zero-order valence-corrected chi connectivity index (χ0v) is 18.8. The van der Waals surface area contributed by atoms with Gasteiger partial charge >= 0.3 is 0 Å². The Morgan fingerprint density at radius 3 is 2.59 bits per heavy atom. The number of H-pyrrole nitrogens is 2. The number of fused-ring (bicyclic) bond motifs is 1. The molecular formula is C22H21N9O2S. The standard InChI is InChI=1S/C22H21N9O2S/c23-13-16(22-27-29-30-28-22)14-24-17-5-7-18(8-6-17)34(32,33)31-11-9-15(10-12-31)21-25-19-3-1-2-4-20(19)26-21/h1-8,14-15,24H,9-12H2,(H,25,26)(H,27,28,29,30). The number of nitrogens with zero attached hydrogens (tertiary/aromatic N) is 6. The van der Waals surface area contributed by atoms with Crippen LogP contribution in [0.25, 0.3) is 16.6 Å². The number of piperidine rings is 1. The molecule has 0 atom stereocenters. The van der Waals surface area contributed by atoms with Gasteiger partial charge in [0.05, 0.1) is 15.9 Å². The van der Waals surface area contributed by atoms with E-state index >= 15 is 0 Å². The van der Waals surface area contributed by atoms with E-state index in [2.05, 4.69) is 35.9 Å². The minimum absolute atomic E-state index is 0.167. The molecule has 1 aliphatic heterocycles. The maximum atomic E-state index is 13.2. The maximum absolute atomic E-state index is 13.2. The molecule has 3 N–H and O–H groups in total. The van der Waals surface area contributed by atoms with Crippen molar-refractivity contribution in [1.82, 2.24) is 34.9 Å². The Kier molecular flexibility index (Phi) is 5.79. The highest BCUT2D eigenvalue weighted by Crippen LogP contribution is 2.30. The first-order valence-corrected chi connectivity index (χ1v) is 12.1. The fourth-order valence-corrected chi connectivity index (χ4v) is 5.46. The van der Waals surface area contributed by atoms with Gasteiger partial charge < -0.3 is 10.3 Å². The number of para-hydroxylation sites is 2. The number of benzene rings is 2.